The lowest BCUT2D eigenvalue weighted by Crippen LogP contribution is -2.54. The number of benzene rings is 1. The highest BCUT2D eigenvalue weighted by Gasteiger charge is 2.30. The predicted octanol–water partition coefficient (Wildman–Crippen LogP) is 4.17. The topological polar surface area (TPSA) is 32.8 Å². The molecular weight excluding hydrogens is 382 g/mol. The van der Waals surface area contributed by atoms with E-state index in [0.717, 1.165) is 0 Å². The molecule has 1 fully saturated rings. The third-order valence-electron chi connectivity index (χ3n) is 3.91. The van der Waals surface area contributed by atoms with Gasteiger partial charge in [-0.25, -0.2) is 13.6 Å². The number of amides is 1. The maximum Gasteiger partial charge on any atom is 0.410 e. The van der Waals surface area contributed by atoms with E-state index in [2.05, 4.69) is 15.9 Å². The maximum atomic E-state index is 14.0. The number of carbonyl (C=O) groups is 1. The number of halogens is 3. The van der Waals surface area contributed by atoms with E-state index in [4.69, 9.17) is 4.74 Å². The van der Waals surface area contributed by atoms with Crippen molar-refractivity contribution in [2.75, 3.05) is 19.6 Å². The first-order valence-corrected chi connectivity index (χ1v) is 8.72. The Morgan fingerprint density at radius 1 is 1.29 bits per heavy atom. The molecule has 1 atom stereocenters. The van der Waals surface area contributed by atoms with Crippen LogP contribution in [-0.2, 0) is 11.3 Å². The van der Waals surface area contributed by atoms with Gasteiger partial charge in [-0.2, -0.15) is 0 Å². The molecule has 0 bridgehead atoms. The molecule has 1 heterocycles. The SMILES string of the molecule is CC1CN(C(=O)OC(C)(C)C)CCN1Cc1ccc(Br)c(F)c1F. The molecule has 1 unspecified atom stereocenters. The lowest BCUT2D eigenvalue weighted by Gasteiger charge is -2.40. The van der Waals surface area contributed by atoms with E-state index in [0.29, 0.717) is 31.7 Å². The first-order valence-electron chi connectivity index (χ1n) is 7.93. The molecule has 0 aliphatic carbocycles. The number of hydrogen-bond acceptors (Lipinski definition) is 3. The van der Waals surface area contributed by atoms with Crippen LogP contribution in [0.15, 0.2) is 16.6 Å². The molecule has 0 radical (unpaired) electrons. The Labute approximate surface area is 149 Å². The number of ether oxygens (including phenoxy) is 1. The molecule has 7 heteroatoms. The number of rotatable bonds is 2. The Morgan fingerprint density at radius 3 is 2.54 bits per heavy atom. The van der Waals surface area contributed by atoms with Gasteiger partial charge in [0.2, 0.25) is 0 Å². The average Bonchev–Trinajstić information content (AvgIpc) is 2.47. The van der Waals surface area contributed by atoms with Gasteiger partial charge < -0.3 is 9.64 Å². The molecule has 0 aromatic heterocycles. The smallest absolute Gasteiger partial charge is 0.410 e. The molecule has 4 nitrogen and oxygen atoms in total. The van der Waals surface area contributed by atoms with Gasteiger partial charge in [-0.3, -0.25) is 4.90 Å². The molecule has 1 aromatic carbocycles. The lowest BCUT2D eigenvalue weighted by atomic mass is 10.1. The summed E-state index contributed by atoms with van der Waals surface area (Å²) in [6.45, 7) is 9.33. The highest BCUT2D eigenvalue weighted by Crippen LogP contribution is 2.23. The summed E-state index contributed by atoms with van der Waals surface area (Å²) >= 11 is 2.98. The molecule has 2 rings (SSSR count). The van der Waals surface area contributed by atoms with Gasteiger partial charge in [-0.1, -0.05) is 6.07 Å². The molecule has 1 aliphatic rings. The standard InChI is InChI=1S/C17H23BrF2N2O2/c1-11-9-22(16(23)24-17(2,3)4)8-7-21(11)10-12-5-6-13(18)15(20)14(12)19/h5-6,11H,7-10H2,1-4H3. The molecule has 0 saturated carbocycles. The van der Waals surface area contributed by atoms with Crippen molar-refractivity contribution >= 4 is 22.0 Å². The number of hydrogen-bond donors (Lipinski definition) is 0. The number of piperazine rings is 1. The summed E-state index contributed by atoms with van der Waals surface area (Å²) in [5.41, 5.74) is -0.219. The quantitative estimate of drug-likeness (QED) is 0.693. The molecule has 134 valence electrons. The monoisotopic (exact) mass is 404 g/mol. The van der Waals surface area contributed by atoms with E-state index < -0.39 is 17.2 Å². The number of nitrogens with zero attached hydrogens (tertiary/aromatic N) is 2. The Morgan fingerprint density at radius 2 is 1.96 bits per heavy atom. The fourth-order valence-corrected chi connectivity index (χ4v) is 2.94. The Kier molecular flexibility index (Phi) is 5.86. The van der Waals surface area contributed by atoms with E-state index in [1.807, 2.05) is 32.6 Å². The van der Waals surface area contributed by atoms with Crippen LogP contribution in [0.2, 0.25) is 0 Å². The minimum atomic E-state index is -0.868. The summed E-state index contributed by atoms with van der Waals surface area (Å²) in [4.78, 5) is 15.8. The molecule has 24 heavy (non-hydrogen) atoms. The van der Waals surface area contributed by atoms with Crippen molar-refractivity contribution in [2.45, 2.75) is 45.9 Å². The van der Waals surface area contributed by atoms with Crippen molar-refractivity contribution in [3.05, 3.63) is 33.8 Å². The van der Waals surface area contributed by atoms with Gasteiger partial charge in [0.15, 0.2) is 11.6 Å². The van der Waals surface area contributed by atoms with E-state index in [9.17, 15) is 13.6 Å². The van der Waals surface area contributed by atoms with Crippen molar-refractivity contribution < 1.29 is 18.3 Å². The minimum absolute atomic E-state index is 0.0253. The second-order valence-electron chi connectivity index (χ2n) is 7.08. The van der Waals surface area contributed by atoms with E-state index in [1.165, 1.54) is 6.07 Å². The van der Waals surface area contributed by atoms with Crippen molar-refractivity contribution in [2.24, 2.45) is 0 Å². The van der Waals surface area contributed by atoms with E-state index in [1.54, 1.807) is 11.0 Å². The van der Waals surface area contributed by atoms with Crippen LogP contribution >= 0.6 is 15.9 Å². The van der Waals surface area contributed by atoms with Gasteiger partial charge in [-0.05, 0) is 49.7 Å². The van der Waals surface area contributed by atoms with Crippen LogP contribution in [0.25, 0.3) is 0 Å². The first kappa shape index (κ1) is 19.1. The van der Waals surface area contributed by atoms with Crippen LogP contribution in [0, 0.1) is 11.6 Å². The van der Waals surface area contributed by atoms with Crippen LogP contribution in [0.4, 0.5) is 13.6 Å². The van der Waals surface area contributed by atoms with Crippen LogP contribution in [0.1, 0.15) is 33.3 Å². The summed E-state index contributed by atoms with van der Waals surface area (Å²) < 4.78 is 33.2. The Hall–Kier alpha value is -1.21. The molecule has 1 aromatic rings. The lowest BCUT2D eigenvalue weighted by molar-refractivity contribution is 0.00444. The van der Waals surface area contributed by atoms with Gasteiger partial charge in [0.25, 0.3) is 0 Å². The Bertz CT molecular complexity index is 619. The Balaban J connectivity index is 1.99. The highest BCUT2D eigenvalue weighted by molar-refractivity contribution is 9.10. The maximum absolute atomic E-state index is 14.0. The zero-order valence-corrected chi connectivity index (χ0v) is 16.0. The fourth-order valence-electron chi connectivity index (χ4n) is 2.63. The third-order valence-corrected chi connectivity index (χ3v) is 4.52. The second-order valence-corrected chi connectivity index (χ2v) is 7.93. The van der Waals surface area contributed by atoms with E-state index >= 15 is 0 Å². The third kappa shape index (κ3) is 4.66. The molecule has 1 amide bonds. The van der Waals surface area contributed by atoms with E-state index in [-0.39, 0.29) is 16.6 Å². The second kappa shape index (κ2) is 7.35. The largest absolute Gasteiger partial charge is 0.444 e. The highest BCUT2D eigenvalue weighted by atomic mass is 79.9. The van der Waals surface area contributed by atoms with Gasteiger partial charge in [0, 0.05) is 37.8 Å². The summed E-state index contributed by atoms with van der Waals surface area (Å²) in [7, 11) is 0. The van der Waals surface area contributed by atoms with Gasteiger partial charge >= 0.3 is 6.09 Å². The van der Waals surface area contributed by atoms with Crippen LogP contribution in [0.5, 0.6) is 0 Å². The normalized spacial score (nSPS) is 19.5. The molecule has 1 saturated heterocycles. The van der Waals surface area contributed by atoms with Crippen molar-refractivity contribution in [3.8, 4) is 0 Å². The summed E-state index contributed by atoms with van der Waals surface area (Å²) in [6.07, 6.45) is -0.338. The summed E-state index contributed by atoms with van der Waals surface area (Å²) in [5.74, 6) is -1.70. The zero-order valence-electron chi connectivity index (χ0n) is 14.4. The number of carbonyl (C=O) groups excluding carboxylic acids is 1. The van der Waals surface area contributed by atoms with Gasteiger partial charge in [-0.15, -0.1) is 0 Å². The zero-order chi connectivity index (χ0) is 18.1. The fraction of sp³-hybridized carbons (Fsp3) is 0.588. The van der Waals surface area contributed by atoms with Crippen LogP contribution in [-0.4, -0.2) is 47.2 Å². The molecule has 0 N–H and O–H groups in total. The van der Waals surface area contributed by atoms with Crippen LogP contribution < -0.4 is 0 Å². The summed E-state index contributed by atoms with van der Waals surface area (Å²) in [5, 5.41) is 0. The van der Waals surface area contributed by atoms with Crippen molar-refractivity contribution in [1.29, 1.82) is 0 Å². The van der Waals surface area contributed by atoms with Gasteiger partial charge in [0.05, 0.1) is 4.47 Å². The predicted molar refractivity (Wildman–Crippen MR) is 91.7 cm³/mol. The minimum Gasteiger partial charge on any atom is -0.444 e. The molecule has 1 aliphatic heterocycles. The average molecular weight is 405 g/mol. The summed E-state index contributed by atoms with van der Waals surface area (Å²) in [6, 6.07) is 3.11. The van der Waals surface area contributed by atoms with Gasteiger partial charge in [0.1, 0.15) is 5.60 Å². The van der Waals surface area contributed by atoms with Crippen molar-refractivity contribution in [3.63, 3.8) is 0 Å². The molecule has 0 spiro atoms. The molecular formula is C17H23BrF2N2O2. The first-order chi connectivity index (χ1) is 11.1. The van der Waals surface area contributed by atoms with Crippen molar-refractivity contribution in [1.82, 2.24) is 9.80 Å². The van der Waals surface area contributed by atoms with Crippen LogP contribution in [0.3, 0.4) is 0 Å².